The van der Waals surface area contributed by atoms with Crippen LogP contribution in [-0.4, -0.2) is 24.2 Å². The van der Waals surface area contributed by atoms with Crippen LogP contribution < -0.4 is 10.5 Å². The molecular weight excluding hydrogens is 395 g/mol. The summed E-state index contributed by atoms with van der Waals surface area (Å²) < 4.78 is 48.9. The van der Waals surface area contributed by atoms with E-state index in [9.17, 15) is 13.2 Å². The van der Waals surface area contributed by atoms with Crippen molar-refractivity contribution in [3.8, 4) is 16.9 Å². The minimum absolute atomic E-state index is 0.0263. The molecule has 1 aliphatic rings. The van der Waals surface area contributed by atoms with Crippen molar-refractivity contribution < 1.29 is 22.6 Å². The zero-order valence-electron chi connectivity index (χ0n) is 16.0. The average Bonchev–Trinajstić information content (AvgIpc) is 3.12. The maximum Gasteiger partial charge on any atom is 0.387 e. The fourth-order valence-corrected chi connectivity index (χ4v) is 3.55. The molecule has 1 atom stereocenters. The van der Waals surface area contributed by atoms with E-state index in [1.807, 2.05) is 24.3 Å². The molecule has 8 heteroatoms. The molecule has 0 radical (unpaired) electrons. The second kappa shape index (κ2) is 7.70. The number of aromatic nitrogens is 1. The third-order valence-corrected chi connectivity index (χ3v) is 4.98. The van der Waals surface area contributed by atoms with Crippen LogP contribution in [-0.2, 0) is 10.3 Å². The van der Waals surface area contributed by atoms with Crippen molar-refractivity contribution in [1.82, 2.24) is 4.98 Å². The van der Waals surface area contributed by atoms with E-state index in [-0.39, 0.29) is 18.4 Å². The zero-order chi connectivity index (χ0) is 21.3. The molecule has 0 bridgehead atoms. The second-order valence-corrected chi connectivity index (χ2v) is 6.93. The number of halogens is 3. The SMILES string of the molecule is Cc1cc([C@@]2(c3cccc(-c4cncc(F)c4)c3)COC(N)=N2)ccc1OC(F)F. The molecule has 1 aromatic heterocycles. The summed E-state index contributed by atoms with van der Waals surface area (Å²) in [7, 11) is 0. The fourth-order valence-electron chi connectivity index (χ4n) is 3.55. The van der Waals surface area contributed by atoms with Crippen molar-refractivity contribution >= 4 is 6.02 Å². The van der Waals surface area contributed by atoms with Crippen molar-refractivity contribution in [3.05, 3.63) is 83.4 Å². The summed E-state index contributed by atoms with van der Waals surface area (Å²) in [5.41, 5.74) is 8.20. The number of hydrogen-bond acceptors (Lipinski definition) is 5. The van der Waals surface area contributed by atoms with Gasteiger partial charge in [0.1, 0.15) is 18.2 Å². The van der Waals surface area contributed by atoms with Crippen LogP contribution >= 0.6 is 0 Å². The van der Waals surface area contributed by atoms with Gasteiger partial charge in [0.15, 0.2) is 5.54 Å². The van der Waals surface area contributed by atoms with Crippen molar-refractivity contribution in [2.24, 2.45) is 10.7 Å². The van der Waals surface area contributed by atoms with Gasteiger partial charge in [0.2, 0.25) is 0 Å². The van der Waals surface area contributed by atoms with E-state index in [0.29, 0.717) is 16.7 Å². The summed E-state index contributed by atoms with van der Waals surface area (Å²) in [6.45, 7) is -1.10. The van der Waals surface area contributed by atoms with Gasteiger partial charge in [0.25, 0.3) is 6.02 Å². The summed E-state index contributed by atoms with van der Waals surface area (Å²) in [5, 5.41) is 0. The minimum Gasteiger partial charge on any atom is -0.462 e. The van der Waals surface area contributed by atoms with Crippen LogP contribution in [0.4, 0.5) is 13.2 Å². The molecule has 0 saturated heterocycles. The van der Waals surface area contributed by atoms with Gasteiger partial charge in [-0.15, -0.1) is 0 Å². The predicted octanol–water partition coefficient (Wildman–Crippen LogP) is 4.39. The monoisotopic (exact) mass is 413 g/mol. The minimum atomic E-state index is -2.91. The second-order valence-electron chi connectivity index (χ2n) is 6.93. The summed E-state index contributed by atoms with van der Waals surface area (Å²) in [6, 6.07) is 13.7. The highest BCUT2D eigenvalue weighted by molar-refractivity contribution is 5.76. The summed E-state index contributed by atoms with van der Waals surface area (Å²) >= 11 is 0. The van der Waals surface area contributed by atoms with Gasteiger partial charge in [0, 0.05) is 11.8 Å². The van der Waals surface area contributed by atoms with Gasteiger partial charge in [-0.2, -0.15) is 8.78 Å². The first-order valence-corrected chi connectivity index (χ1v) is 9.13. The van der Waals surface area contributed by atoms with E-state index in [4.69, 9.17) is 10.5 Å². The van der Waals surface area contributed by atoms with Crippen LogP contribution in [0.3, 0.4) is 0 Å². The lowest BCUT2D eigenvalue weighted by molar-refractivity contribution is -0.0503. The molecule has 2 N–H and O–H groups in total. The molecule has 30 heavy (non-hydrogen) atoms. The first-order chi connectivity index (χ1) is 14.4. The highest BCUT2D eigenvalue weighted by Gasteiger charge is 2.40. The molecule has 2 heterocycles. The van der Waals surface area contributed by atoms with Crippen LogP contribution in [0, 0.1) is 12.7 Å². The van der Waals surface area contributed by atoms with Crippen LogP contribution in [0.5, 0.6) is 5.75 Å². The standard InChI is InChI=1S/C22H18F3N3O2/c1-13-7-17(5-6-19(13)30-20(24)25)22(12-29-21(26)28-22)16-4-2-3-14(8-16)15-9-18(23)11-27-10-15/h2-11,20H,12H2,1H3,(H2,26,28)/t22-/m0/s1. The number of pyridine rings is 1. The van der Waals surface area contributed by atoms with Crippen molar-refractivity contribution in [3.63, 3.8) is 0 Å². The summed E-state index contributed by atoms with van der Waals surface area (Å²) in [4.78, 5) is 8.44. The highest BCUT2D eigenvalue weighted by atomic mass is 19.3. The van der Waals surface area contributed by atoms with Gasteiger partial charge in [0.05, 0.1) is 6.20 Å². The molecule has 0 aliphatic carbocycles. The van der Waals surface area contributed by atoms with Crippen LogP contribution in [0.1, 0.15) is 16.7 Å². The Morgan fingerprint density at radius 1 is 1.07 bits per heavy atom. The quantitative estimate of drug-likeness (QED) is 0.674. The molecule has 5 nitrogen and oxygen atoms in total. The third kappa shape index (κ3) is 3.68. The van der Waals surface area contributed by atoms with E-state index in [2.05, 4.69) is 14.7 Å². The molecule has 3 aromatic rings. The lowest BCUT2D eigenvalue weighted by atomic mass is 9.82. The first kappa shape index (κ1) is 19.8. The van der Waals surface area contributed by atoms with Gasteiger partial charge < -0.3 is 15.2 Å². The number of benzene rings is 2. The Kier molecular flexibility index (Phi) is 5.07. The van der Waals surface area contributed by atoms with Crippen molar-refractivity contribution in [2.45, 2.75) is 19.1 Å². The molecule has 0 fully saturated rings. The molecule has 154 valence electrons. The van der Waals surface area contributed by atoms with Gasteiger partial charge in [-0.25, -0.2) is 9.38 Å². The Bertz CT molecular complexity index is 1120. The van der Waals surface area contributed by atoms with Gasteiger partial charge >= 0.3 is 6.61 Å². The highest BCUT2D eigenvalue weighted by Crippen LogP contribution is 2.40. The fraction of sp³-hybridized carbons (Fsp3) is 0.182. The number of nitrogens with two attached hydrogens (primary N) is 1. The summed E-state index contributed by atoms with van der Waals surface area (Å²) in [6.07, 6.45) is 2.70. The molecule has 0 saturated carbocycles. The Morgan fingerprint density at radius 2 is 1.87 bits per heavy atom. The Balaban J connectivity index is 1.81. The van der Waals surface area contributed by atoms with Crippen LogP contribution in [0.25, 0.3) is 11.1 Å². The average molecular weight is 413 g/mol. The topological polar surface area (TPSA) is 69.7 Å². The number of amidine groups is 1. The molecule has 0 spiro atoms. The number of nitrogens with zero attached hydrogens (tertiary/aromatic N) is 2. The maximum absolute atomic E-state index is 13.6. The van der Waals surface area contributed by atoms with Crippen LogP contribution in [0.2, 0.25) is 0 Å². The number of rotatable bonds is 5. The maximum atomic E-state index is 13.6. The number of ether oxygens (including phenoxy) is 2. The number of alkyl halides is 2. The van der Waals surface area contributed by atoms with E-state index in [1.54, 1.807) is 25.3 Å². The molecule has 0 unspecified atom stereocenters. The van der Waals surface area contributed by atoms with Gasteiger partial charge in [-0.05, 0) is 53.4 Å². The molecular formula is C22H18F3N3O2. The van der Waals surface area contributed by atoms with Gasteiger partial charge in [-0.1, -0.05) is 24.3 Å². The molecule has 4 rings (SSSR count). The number of aryl methyl sites for hydroxylation is 1. The normalized spacial score (nSPS) is 18.2. The first-order valence-electron chi connectivity index (χ1n) is 9.13. The van der Waals surface area contributed by atoms with E-state index >= 15 is 0 Å². The van der Waals surface area contributed by atoms with Crippen LogP contribution in [0.15, 0.2) is 65.9 Å². The van der Waals surface area contributed by atoms with Gasteiger partial charge in [-0.3, -0.25) is 4.98 Å². The Hall–Kier alpha value is -3.55. The predicted molar refractivity (Wildman–Crippen MR) is 106 cm³/mol. The third-order valence-electron chi connectivity index (χ3n) is 4.98. The molecule has 0 amide bonds. The number of aliphatic imine (C=N–C) groups is 1. The smallest absolute Gasteiger partial charge is 0.387 e. The largest absolute Gasteiger partial charge is 0.462 e. The molecule has 2 aromatic carbocycles. The lowest BCUT2D eigenvalue weighted by Gasteiger charge is -2.26. The van der Waals surface area contributed by atoms with E-state index in [0.717, 1.165) is 17.3 Å². The summed E-state index contributed by atoms with van der Waals surface area (Å²) in [5.74, 6) is -0.358. The Morgan fingerprint density at radius 3 is 2.53 bits per heavy atom. The van der Waals surface area contributed by atoms with Crippen molar-refractivity contribution in [2.75, 3.05) is 6.61 Å². The lowest BCUT2D eigenvalue weighted by Crippen LogP contribution is -2.27. The molecule has 1 aliphatic heterocycles. The van der Waals surface area contributed by atoms with E-state index in [1.165, 1.54) is 12.1 Å². The number of hydrogen-bond donors (Lipinski definition) is 1. The zero-order valence-corrected chi connectivity index (χ0v) is 16.0. The van der Waals surface area contributed by atoms with Crippen molar-refractivity contribution in [1.29, 1.82) is 0 Å². The van der Waals surface area contributed by atoms with E-state index < -0.39 is 18.0 Å². The Labute approximate surface area is 171 Å².